The maximum absolute atomic E-state index is 13.8. The van der Waals surface area contributed by atoms with Crippen LogP contribution in [0.3, 0.4) is 0 Å². The van der Waals surface area contributed by atoms with Gasteiger partial charge in [-0.15, -0.1) is 0 Å². The molecule has 1 aliphatic heterocycles. The fourth-order valence-corrected chi connectivity index (χ4v) is 3.64. The average Bonchev–Trinajstić information content (AvgIpc) is 2.64. The number of piperidine rings is 1. The summed E-state index contributed by atoms with van der Waals surface area (Å²) in [6, 6.07) is 3.61. The molecule has 0 saturated carbocycles. The van der Waals surface area contributed by atoms with Gasteiger partial charge in [0.05, 0.1) is 17.7 Å². The monoisotopic (exact) mass is 389 g/mol. The first-order valence-electron chi connectivity index (χ1n) is 9.44. The molecular formula is C21H25F2N3O2. The number of aromatic nitrogens is 2. The Morgan fingerprint density at radius 1 is 1.25 bits per heavy atom. The number of aryl methyl sites for hydroxylation is 1. The maximum atomic E-state index is 13.8. The molecule has 1 saturated heterocycles. The highest BCUT2D eigenvalue weighted by molar-refractivity contribution is 5.79. The summed E-state index contributed by atoms with van der Waals surface area (Å²) in [7, 11) is 0. The van der Waals surface area contributed by atoms with E-state index in [9.17, 15) is 18.7 Å². The molecule has 2 aromatic rings. The van der Waals surface area contributed by atoms with Gasteiger partial charge in [-0.1, -0.05) is 6.07 Å². The number of nitrogens with zero attached hydrogens (tertiary/aromatic N) is 3. The molecule has 7 heteroatoms. The number of carbonyl (C=O) groups is 1. The van der Waals surface area contributed by atoms with Gasteiger partial charge in [-0.05, 0) is 45.7 Å². The first-order valence-corrected chi connectivity index (χ1v) is 9.44. The Labute approximate surface area is 163 Å². The lowest BCUT2D eigenvalue weighted by Crippen LogP contribution is -2.39. The van der Waals surface area contributed by atoms with Gasteiger partial charge in [0.25, 0.3) is 0 Å². The molecule has 1 aromatic carbocycles. The summed E-state index contributed by atoms with van der Waals surface area (Å²) in [6.45, 7) is 6.17. The second kappa shape index (κ2) is 7.91. The molecule has 0 radical (unpaired) electrons. The van der Waals surface area contributed by atoms with E-state index in [2.05, 4.69) is 9.97 Å². The van der Waals surface area contributed by atoms with Crippen molar-refractivity contribution in [1.82, 2.24) is 14.9 Å². The molecule has 0 spiro atoms. The third-order valence-electron chi connectivity index (χ3n) is 5.22. The highest BCUT2D eigenvalue weighted by Gasteiger charge is 2.31. The Balaban J connectivity index is 1.70. The van der Waals surface area contributed by atoms with E-state index in [1.54, 1.807) is 31.9 Å². The van der Waals surface area contributed by atoms with Crippen LogP contribution in [0, 0.1) is 18.6 Å². The van der Waals surface area contributed by atoms with Gasteiger partial charge >= 0.3 is 0 Å². The number of hydrogen-bond acceptors (Lipinski definition) is 4. The van der Waals surface area contributed by atoms with Crippen molar-refractivity contribution in [2.75, 3.05) is 13.1 Å². The standard InChI is InChI=1S/C21H25F2N3O2/c1-13-24-12-16(21(2,3)28)20(25-13)14-7-9-26(10-8-14)19(27)11-15-17(22)5-4-6-18(15)23/h4-6,12,14,28H,7-11H2,1-3H3. The number of hydrogen-bond donors (Lipinski definition) is 1. The molecule has 0 atom stereocenters. The maximum Gasteiger partial charge on any atom is 0.227 e. The van der Waals surface area contributed by atoms with Gasteiger partial charge in [0.2, 0.25) is 5.91 Å². The smallest absolute Gasteiger partial charge is 0.227 e. The molecule has 1 aromatic heterocycles. The van der Waals surface area contributed by atoms with E-state index in [4.69, 9.17) is 0 Å². The van der Waals surface area contributed by atoms with Crippen molar-refractivity contribution in [3.63, 3.8) is 0 Å². The number of halogens is 2. The van der Waals surface area contributed by atoms with Gasteiger partial charge in [-0.3, -0.25) is 4.79 Å². The summed E-state index contributed by atoms with van der Waals surface area (Å²) in [4.78, 5) is 22.9. The predicted octanol–water partition coefficient (Wildman–Crippen LogP) is 3.24. The summed E-state index contributed by atoms with van der Waals surface area (Å²) < 4.78 is 27.6. The van der Waals surface area contributed by atoms with E-state index in [0.717, 1.165) is 17.8 Å². The minimum Gasteiger partial charge on any atom is -0.386 e. The van der Waals surface area contributed by atoms with E-state index >= 15 is 0 Å². The lowest BCUT2D eigenvalue weighted by atomic mass is 9.86. The number of likely N-dealkylation sites (tertiary alicyclic amines) is 1. The molecule has 1 N–H and O–H groups in total. The number of aliphatic hydroxyl groups is 1. The van der Waals surface area contributed by atoms with Crippen LogP contribution >= 0.6 is 0 Å². The summed E-state index contributed by atoms with van der Waals surface area (Å²) >= 11 is 0. The molecule has 1 amide bonds. The van der Waals surface area contributed by atoms with Gasteiger partial charge in [0, 0.05) is 36.3 Å². The minimum absolute atomic E-state index is 0.0948. The SMILES string of the molecule is Cc1ncc(C(C)(C)O)c(C2CCN(C(=O)Cc3c(F)cccc3F)CC2)n1. The Bertz CT molecular complexity index is 852. The van der Waals surface area contributed by atoms with Gasteiger partial charge in [-0.25, -0.2) is 18.7 Å². The summed E-state index contributed by atoms with van der Waals surface area (Å²) in [5.41, 5.74) is 0.257. The molecule has 5 nitrogen and oxygen atoms in total. The molecule has 1 aliphatic rings. The van der Waals surface area contributed by atoms with Gasteiger partial charge in [0.15, 0.2) is 0 Å². The van der Waals surface area contributed by atoms with Crippen LogP contribution < -0.4 is 0 Å². The second-order valence-corrected chi connectivity index (χ2v) is 7.81. The van der Waals surface area contributed by atoms with E-state index in [1.807, 2.05) is 0 Å². The summed E-state index contributed by atoms with van der Waals surface area (Å²) in [6.07, 6.45) is 2.72. The van der Waals surface area contributed by atoms with Crippen molar-refractivity contribution in [3.8, 4) is 0 Å². The van der Waals surface area contributed by atoms with Gasteiger partial charge in [0.1, 0.15) is 17.5 Å². The number of carbonyl (C=O) groups excluding carboxylic acids is 1. The van der Waals surface area contributed by atoms with E-state index < -0.39 is 17.2 Å². The summed E-state index contributed by atoms with van der Waals surface area (Å²) in [5.74, 6) is -0.957. The molecule has 150 valence electrons. The quantitative estimate of drug-likeness (QED) is 0.872. The first kappa shape index (κ1) is 20.3. The van der Waals surface area contributed by atoms with Crippen LogP contribution in [0.4, 0.5) is 8.78 Å². The molecule has 1 fully saturated rings. The molecule has 0 aliphatic carbocycles. The zero-order valence-electron chi connectivity index (χ0n) is 16.4. The molecule has 3 rings (SSSR count). The van der Waals surface area contributed by atoms with Crippen molar-refractivity contribution in [2.45, 2.75) is 51.6 Å². The second-order valence-electron chi connectivity index (χ2n) is 7.81. The Morgan fingerprint density at radius 3 is 2.43 bits per heavy atom. The van der Waals surface area contributed by atoms with Crippen molar-refractivity contribution >= 4 is 5.91 Å². The zero-order valence-corrected chi connectivity index (χ0v) is 16.4. The number of benzene rings is 1. The average molecular weight is 389 g/mol. The lowest BCUT2D eigenvalue weighted by Gasteiger charge is -2.34. The largest absolute Gasteiger partial charge is 0.386 e. The molecule has 0 bridgehead atoms. The minimum atomic E-state index is -1.06. The first-order chi connectivity index (χ1) is 13.2. The van der Waals surface area contributed by atoms with E-state index in [-0.39, 0.29) is 23.8 Å². The van der Waals surface area contributed by atoms with Crippen LogP contribution in [0.5, 0.6) is 0 Å². The third-order valence-corrected chi connectivity index (χ3v) is 5.22. The normalized spacial score (nSPS) is 15.7. The highest BCUT2D eigenvalue weighted by Crippen LogP contribution is 2.33. The fourth-order valence-electron chi connectivity index (χ4n) is 3.64. The lowest BCUT2D eigenvalue weighted by molar-refractivity contribution is -0.131. The Hall–Kier alpha value is -2.41. The Morgan fingerprint density at radius 2 is 1.86 bits per heavy atom. The van der Waals surface area contributed by atoms with E-state index in [1.165, 1.54) is 6.07 Å². The summed E-state index contributed by atoms with van der Waals surface area (Å²) in [5, 5.41) is 10.4. The highest BCUT2D eigenvalue weighted by atomic mass is 19.1. The topological polar surface area (TPSA) is 66.3 Å². The van der Waals surface area contributed by atoms with Crippen LogP contribution in [0.1, 0.15) is 55.3 Å². The van der Waals surface area contributed by atoms with Crippen LogP contribution in [0.25, 0.3) is 0 Å². The zero-order chi connectivity index (χ0) is 20.5. The van der Waals surface area contributed by atoms with E-state index in [0.29, 0.717) is 37.3 Å². The molecular weight excluding hydrogens is 364 g/mol. The van der Waals surface area contributed by atoms with Crippen molar-refractivity contribution < 1.29 is 18.7 Å². The number of amides is 1. The predicted molar refractivity (Wildman–Crippen MR) is 101 cm³/mol. The van der Waals surface area contributed by atoms with Gasteiger partial charge in [-0.2, -0.15) is 0 Å². The van der Waals surface area contributed by atoms with Crippen LogP contribution in [0.2, 0.25) is 0 Å². The van der Waals surface area contributed by atoms with Crippen LogP contribution in [-0.4, -0.2) is 39.0 Å². The van der Waals surface area contributed by atoms with Crippen LogP contribution in [0.15, 0.2) is 24.4 Å². The molecule has 28 heavy (non-hydrogen) atoms. The Kier molecular flexibility index (Phi) is 5.74. The van der Waals surface area contributed by atoms with Gasteiger partial charge < -0.3 is 10.0 Å². The van der Waals surface area contributed by atoms with Crippen molar-refractivity contribution in [3.05, 3.63) is 58.7 Å². The fraction of sp³-hybridized carbons (Fsp3) is 0.476. The molecule has 2 heterocycles. The third kappa shape index (κ3) is 4.35. The molecule has 0 unspecified atom stereocenters. The van der Waals surface area contributed by atoms with Crippen LogP contribution in [-0.2, 0) is 16.8 Å². The van der Waals surface area contributed by atoms with Crippen molar-refractivity contribution in [2.24, 2.45) is 0 Å². The van der Waals surface area contributed by atoms with Crippen molar-refractivity contribution in [1.29, 1.82) is 0 Å². The number of rotatable bonds is 4.